The first-order valence-electron chi connectivity index (χ1n) is 11.7. The Labute approximate surface area is 192 Å². The lowest BCUT2D eigenvalue weighted by molar-refractivity contribution is -0.225. The SMILES string of the molecule is CCCC(=O)O[C@]1(C(=O)C(=O)O)CC[C@H]2[C@@H]3CCC4=CC(=O)C=C[C@]4(C)[C@@]3(F)C(O)C[C@@]21C. The van der Waals surface area contributed by atoms with Crippen LogP contribution in [0.2, 0.25) is 0 Å². The first-order chi connectivity index (χ1) is 15.4. The van der Waals surface area contributed by atoms with Crippen LogP contribution < -0.4 is 0 Å². The number of carbonyl (C=O) groups excluding carboxylic acids is 3. The monoisotopic (exact) mass is 462 g/mol. The first-order valence-corrected chi connectivity index (χ1v) is 11.7. The molecule has 3 saturated carbocycles. The van der Waals surface area contributed by atoms with E-state index in [9.17, 15) is 29.4 Å². The van der Waals surface area contributed by atoms with Gasteiger partial charge in [0.1, 0.15) is 0 Å². The Balaban J connectivity index is 1.81. The number of hydrogen-bond acceptors (Lipinski definition) is 6. The molecule has 2 N–H and O–H groups in total. The van der Waals surface area contributed by atoms with E-state index in [0.29, 0.717) is 31.3 Å². The van der Waals surface area contributed by atoms with E-state index < -0.39 is 57.8 Å². The van der Waals surface area contributed by atoms with Crippen molar-refractivity contribution in [3.63, 3.8) is 0 Å². The van der Waals surface area contributed by atoms with Gasteiger partial charge < -0.3 is 14.9 Å². The summed E-state index contributed by atoms with van der Waals surface area (Å²) in [5.74, 6) is -4.99. The molecule has 0 amide bonds. The summed E-state index contributed by atoms with van der Waals surface area (Å²) in [6.45, 7) is 5.11. The van der Waals surface area contributed by atoms with E-state index in [4.69, 9.17) is 4.74 Å². The normalized spacial score (nSPS) is 43.7. The maximum absolute atomic E-state index is 17.1. The van der Waals surface area contributed by atoms with Gasteiger partial charge in [0, 0.05) is 23.2 Å². The Hall–Kier alpha value is -2.35. The number of halogens is 1. The van der Waals surface area contributed by atoms with Crippen molar-refractivity contribution in [1.82, 2.24) is 0 Å². The average Bonchev–Trinajstić information content (AvgIpc) is 3.02. The Bertz CT molecular complexity index is 985. The number of Topliss-reactive ketones (excluding diaryl/α,β-unsaturated/α-hetero) is 1. The van der Waals surface area contributed by atoms with E-state index in [1.807, 2.05) is 0 Å². The number of allylic oxidation sites excluding steroid dienone is 4. The van der Waals surface area contributed by atoms with Gasteiger partial charge in [-0.15, -0.1) is 0 Å². The molecule has 0 bridgehead atoms. The standard InChI is InChI=1S/C25H31FO7/c1-4-5-19(29)33-24(20(30)21(31)32)11-9-16-17-7-6-14-12-15(27)8-10-22(14,2)25(17,26)18(28)13-23(16,24)3/h8,10,12,16-18,28H,4-7,9,11,13H2,1-3H3,(H,31,32)/t16-,17-,18?,22-,23-,24-,25-/m0/s1. The maximum Gasteiger partial charge on any atom is 0.376 e. The molecule has 0 heterocycles. The lowest BCUT2D eigenvalue weighted by Gasteiger charge is -2.62. The summed E-state index contributed by atoms with van der Waals surface area (Å²) in [6, 6.07) is 0. The number of hydrogen-bond donors (Lipinski definition) is 2. The molecule has 0 aliphatic heterocycles. The highest BCUT2D eigenvalue weighted by molar-refractivity contribution is 6.36. The number of aliphatic carboxylic acids is 1. The Kier molecular flexibility index (Phi) is 5.47. The van der Waals surface area contributed by atoms with Crippen LogP contribution in [0.4, 0.5) is 4.39 Å². The fraction of sp³-hybridized carbons (Fsp3) is 0.680. The Morgan fingerprint density at radius 3 is 2.55 bits per heavy atom. The van der Waals surface area contributed by atoms with E-state index in [0.717, 1.165) is 0 Å². The third kappa shape index (κ3) is 2.95. The van der Waals surface area contributed by atoms with Gasteiger partial charge in [0.15, 0.2) is 17.1 Å². The summed E-state index contributed by atoms with van der Waals surface area (Å²) in [4.78, 5) is 49.3. The number of ether oxygens (including phenoxy) is 1. The summed E-state index contributed by atoms with van der Waals surface area (Å²) in [6.07, 6.45) is 4.10. The van der Waals surface area contributed by atoms with Crippen LogP contribution in [-0.4, -0.2) is 51.1 Å². The molecule has 8 heteroatoms. The van der Waals surface area contributed by atoms with Crippen LogP contribution in [0.5, 0.6) is 0 Å². The number of aliphatic hydroxyl groups excluding tert-OH is 1. The van der Waals surface area contributed by atoms with Crippen molar-refractivity contribution >= 4 is 23.5 Å². The van der Waals surface area contributed by atoms with Crippen molar-refractivity contribution in [2.45, 2.75) is 83.1 Å². The number of alkyl halides is 1. The molecule has 7 nitrogen and oxygen atoms in total. The molecule has 0 saturated heterocycles. The topological polar surface area (TPSA) is 118 Å². The number of rotatable bonds is 5. The van der Waals surface area contributed by atoms with Crippen LogP contribution in [0.25, 0.3) is 0 Å². The Morgan fingerprint density at radius 1 is 1.21 bits per heavy atom. The number of esters is 1. The summed E-state index contributed by atoms with van der Waals surface area (Å²) in [5.41, 5.74) is -5.85. The molecule has 4 aliphatic rings. The van der Waals surface area contributed by atoms with Crippen LogP contribution in [0.15, 0.2) is 23.8 Å². The van der Waals surface area contributed by atoms with Gasteiger partial charge in [-0.25, -0.2) is 9.18 Å². The number of carboxylic acid groups (broad SMARTS) is 1. The molecular formula is C25H31FO7. The molecule has 0 aromatic carbocycles. The van der Waals surface area contributed by atoms with Crippen LogP contribution >= 0.6 is 0 Å². The molecule has 180 valence electrons. The van der Waals surface area contributed by atoms with E-state index in [1.54, 1.807) is 20.8 Å². The van der Waals surface area contributed by atoms with Gasteiger partial charge >= 0.3 is 11.9 Å². The van der Waals surface area contributed by atoms with Crippen molar-refractivity contribution in [3.8, 4) is 0 Å². The van der Waals surface area contributed by atoms with Gasteiger partial charge in [-0.2, -0.15) is 0 Å². The fourth-order valence-corrected chi connectivity index (χ4v) is 7.41. The summed E-state index contributed by atoms with van der Waals surface area (Å²) < 4.78 is 22.8. The molecule has 0 aromatic heterocycles. The van der Waals surface area contributed by atoms with Crippen molar-refractivity contribution in [1.29, 1.82) is 0 Å². The third-order valence-electron chi connectivity index (χ3n) is 9.06. The minimum atomic E-state index is -2.10. The number of aliphatic hydroxyl groups is 1. The largest absolute Gasteiger partial charge is 0.475 e. The third-order valence-corrected chi connectivity index (χ3v) is 9.06. The zero-order valence-corrected chi connectivity index (χ0v) is 19.2. The van der Waals surface area contributed by atoms with Crippen LogP contribution in [0.3, 0.4) is 0 Å². The molecule has 3 fully saturated rings. The van der Waals surface area contributed by atoms with Gasteiger partial charge in [0.05, 0.1) is 6.10 Å². The minimum Gasteiger partial charge on any atom is -0.475 e. The number of ketones is 2. The van der Waals surface area contributed by atoms with Crippen LogP contribution in [-0.2, 0) is 23.9 Å². The second kappa shape index (κ2) is 7.58. The van der Waals surface area contributed by atoms with Gasteiger partial charge in [-0.1, -0.05) is 25.5 Å². The van der Waals surface area contributed by atoms with Gasteiger partial charge in [0.2, 0.25) is 0 Å². The predicted molar refractivity (Wildman–Crippen MR) is 115 cm³/mol. The highest BCUT2D eigenvalue weighted by atomic mass is 19.1. The highest BCUT2D eigenvalue weighted by Gasteiger charge is 2.76. The molecule has 7 atom stereocenters. The second-order valence-electron chi connectivity index (χ2n) is 10.5. The van der Waals surface area contributed by atoms with E-state index in [1.165, 1.54) is 18.2 Å². The van der Waals surface area contributed by atoms with Gasteiger partial charge in [-0.05, 0) is 63.5 Å². The number of carbonyl (C=O) groups is 4. The van der Waals surface area contributed by atoms with E-state index >= 15 is 4.39 Å². The lowest BCUT2D eigenvalue weighted by Crippen LogP contribution is -2.69. The Morgan fingerprint density at radius 2 is 1.91 bits per heavy atom. The zero-order chi connectivity index (χ0) is 24.4. The number of carboxylic acids is 1. The van der Waals surface area contributed by atoms with Crippen molar-refractivity contribution < 1.29 is 38.5 Å². The maximum atomic E-state index is 17.1. The minimum absolute atomic E-state index is 0.0260. The number of fused-ring (bicyclic) bond motifs is 5. The van der Waals surface area contributed by atoms with Gasteiger partial charge in [-0.3, -0.25) is 14.4 Å². The fourth-order valence-electron chi connectivity index (χ4n) is 7.41. The first kappa shape index (κ1) is 23.8. The van der Waals surface area contributed by atoms with Gasteiger partial charge in [0.25, 0.3) is 5.78 Å². The molecule has 0 spiro atoms. The molecule has 0 aromatic rings. The zero-order valence-electron chi connectivity index (χ0n) is 19.2. The van der Waals surface area contributed by atoms with Crippen molar-refractivity contribution in [3.05, 3.63) is 23.8 Å². The molecule has 0 radical (unpaired) electrons. The lowest BCUT2D eigenvalue weighted by atomic mass is 9.44. The molecule has 1 unspecified atom stereocenters. The van der Waals surface area contributed by atoms with E-state index in [2.05, 4.69) is 0 Å². The molecule has 4 rings (SSSR count). The molecule has 33 heavy (non-hydrogen) atoms. The smallest absolute Gasteiger partial charge is 0.376 e. The highest BCUT2D eigenvalue weighted by Crippen LogP contribution is 2.70. The van der Waals surface area contributed by atoms with Crippen LogP contribution in [0.1, 0.15) is 65.7 Å². The summed E-state index contributed by atoms with van der Waals surface area (Å²) >= 11 is 0. The molecular weight excluding hydrogens is 431 g/mol. The quantitative estimate of drug-likeness (QED) is 0.476. The summed E-state index contributed by atoms with van der Waals surface area (Å²) in [7, 11) is 0. The van der Waals surface area contributed by atoms with E-state index in [-0.39, 0.29) is 25.0 Å². The summed E-state index contributed by atoms with van der Waals surface area (Å²) in [5, 5.41) is 20.9. The van der Waals surface area contributed by atoms with Crippen LogP contribution in [0, 0.1) is 22.7 Å². The van der Waals surface area contributed by atoms with Crippen molar-refractivity contribution in [2.75, 3.05) is 0 Å². The average molecular weight is 463 g/mol. The van der Waals surface area contributed by atoms with Crippen molar-refractivity contribution in [2.24, 2.45) is 22.7 Å². The molecule has 4 aliphatic carbocycles. The predicted octanol–water partition coefficient (Wildman–Crippen LogP) is 3.09. The second-order valence-corrected chi connectivity index (χ2v) is 10.5.